The second-order valence-electron chi connectivity index (χ2n) is 5.79. The van der Waals surface area contributed by atoms with Crippen LogP contribution in [0.25, 0.3) is 11.0 Å². The second-order valence-corrected chi connectivity index (χ2v) is 6.74. The lowest BCUT2D eigenvalue weighted by Crippen LogP contribution is -2.20. The quantitative estimate of drug-likeness (QED) is 0.377. The normalized spacial score (nSPS) is 12.0. The molecule has 0 spiro atoms. The van der Waals surface area contributed by atoms with Crippen LogP contribution in [0.4, 0.5) is 13.2 Å². The number of amides is 1. The molecule has 0 aliphatic rings. The van der Waals surface area contributed by atoms with E-state index in [0.717, 1.165) is 23.3 Å². The summed E-state index contributed by atoms with van der Waals surface area (Å²) in [6, 6.07) is 12.7. The SMILES string of the molecule is CCn1c(SCC(=O)NN=Cc2ccccc2C(F)(F)F)nc2ccccc21. The highest BCUT2D eigenvalue weighted by Crippen LogP contribution is 2.31. The van der Waals surface area contributed by atoms with Gasteiger partial charge in [-0.1, -0.05) is 42.1 Å². The maximum atomic E-state index is 12.9. The fourth-order valence-corrected chi connectivity index (χ4v) is 3.54. The zero-order valence-corrected chi connectivity index (χ0v) is 15.7. The molecule has 1 aromatic heterocycles. The number of carbonyl (C=O) groups excluding carboxylic acids is 1. The number of nitrogens with zero attached hydrogens (tertiary/aromatic N) is 3. The van der Waals surface area contributed by atoms with E-state index in [1.807, 2.05) is 35.8 Å². The van der Waals surface area contributed by atoms with Gasteiger partial charge in [0.25, 0.3) is 5.91 Å². The molecule has 0 saturated carbocycles. The first-order valence-corrected chi connectivity index (χ1v) is 9.45. The first-order chi connectivity index (χ1) is 13.4. The Morgan fingerprint density at radius 3 is 2.68 bits per heavy atom. The van der Waals surface area contributed by atoms with Crippen LogP contribution in [-0.2, 0) is 17.5 Å². The molecule has 146 valence electrons. The van der Waals surface area contributed by atoms with Crippen molar-refractivity contribution >= 4 is 34.9 Å². The van der Waals surface area contributed by atoms with Gasteiger partial charge in [0.05, 0.1) is 28.6 Å². The highest BCUT2D eigenvalue weighted by Gasteiger charge is 2.32. The number of rotatable bonds is 6. The van der Waals surface area contributed by atoms with Crippen LogP contribution < -0.4 is 5.43 Å². The molecule has 5 nitrogen and oxygen atoms in total. The van der Waals surface area contributed by atoms with Gasteiger partial charge in [0.1, 0.15) is 0 Å². The summed E-state index contributed by atoms with van der Waals surface area (Å²) in [6.45, 7) is 2.69. The number of imidazole rings is 1. The number of thioether (sulfide) groups is 1. The van der Waals surface area contributed by atoms with Crippen LogP contribution in [0.3, 0.4) is 0 Å². The molecule has 0 aliphatic carbocycles. The van der Waals surface area contributed by atoms with Crippen molar-refractivity contribution in [1.82, 2.24) is 15.0 Å². The fraction of sp³-hybridized carbons (Fsp3) is 0.211. The number of halogens is 3. The van der Waals surface area contributed by atoms with Crippen molar-refractivity contribution in [2.45, 2.75) is 24.8 Å². The Balaban J connectivity index is 1.62. The minimum absolute atomic E-state index is 0.0432. The molecule has 2 aromatic carbocycles. The number of benzene rings is 2. The highest BCUT2D eigenvalue weighted by molar-refractivity contribution is 7.99. The predicted molar refractivity (Wildman–Crippen MR) is 103 cm³/mol. The number of fused-ring (bicyclic) bond motifs is 1. The van der Waals surface area contributed by atoms with E-state index in [9.17, 15) is 18.0 Å². The number of hydrogen-bond donors (Lipinski definition) is 1. The van der Waals surface area contributed by atoms with Crippen LogP contribution >= 0.6 is 11.8 Å². The smallest absolute Gasteiger partial charge is 0.319 e. The topological polar surface area (TPSA) is 59.3 Å². The minimum Gasteiger partial charge on any atom is -0.319 e. The first-order valence-electron chi connectivity index (χ1n) is 8.46. The Kier molecular flexibility index (Phi) is 6.03. The summed E-state index contributed by atoms with van der Waals surface area (Å²) < 4.78 is 40.8. The van der Waals surface area contributed by atoms with Gasteiger partial charge in [0, 0.05) is 12.1 Å². The van der Waals surface area contributed by atoms with Gasteiger partial charge in [-0.3, -0.25) is 4.79 Å². The molecule has 0 unspecified atom stereocenters. The zero-order chi connectivity index (χ0) is 20.1. The van der Waals surface area contributed by atoms with Crippen LogP contribution in [0.2, 0.25) is 0 Å². The van der Waals surface area contributed by atoms with E-state index in [1.165, 1.54) is 30.0 Å². The number of carbonyl (C=O) groups is 1. The number of nitrogens with one attached hydrogen (secondary N) is 1. The number of para-hydroxylation sites is 2. The lowest BCUT2D eigenvalue weighted by Gasteiger charge is -2.09. The summed E-state index contributed by atoms with van der Waals surface area (Å²) in [5.74, 6) is -0.387. The summed E-state index contributed by atoms with van der Waals surface area (Å²) in [5, 5.41) is 4.35. The molecule has 0 radical (unpaired) electrons. The largest absolute Gasteiger partial charge is 0.417 e. The molecule has 1 amide bonds. The van der Waals surface area contributed by atoms with Gasteiger partial charge in [0.2, 0.25) is 0 Å². The Morgan fingerprint density at radius 1 is 1.21 bits per heavy atom. The third-order valence-electron chi connectivity index (χ3n) is 3.93. The first kappa shape index (κ1) is 19.9. The summed E-state index contributed by atoms with van der Waals surface area (Å²) in [4.78, 5) is 16.5. The second kappa shape index (κ2) is 8.47. The molecule has 1 heterocycles. The van der Waals surface area contributed by atoms with Gasteiger partial charge >= 0.3 is 6.18 Å². The van der Waals surface area contributed by atoms with Crippen molar-refractivity contribution in [3.05, 3.63) is 59.7 Å². The van der Waals surface area contributed by atoms with Crippen LogP contribution in [0.1, 0.15) is 18.1 Å². The molecule has 3 aromatic rings. The van der Waals surface area contributed by atoms with E-state index < -0.39 is 17.6 Å². The molecular weight excluding hydrogens is 389 g/mol. The van der Waals surface area contributed by atoms with Crippen LogP contribution in [0.15, 0.2) is 58.8 Å². The third kappa shape index (κ3) is 4.53. The van der Waals surface area contributed by atoms with E-state index in [-0.39, 0.29) is 11.3 Å². The maximum Gasteiger partial charge on any atom is 0.417 e. The number of hydrogen-bond acceptors (Lipinski definition) is 4. The van der Waals surface area contributed by atoms with Crippen molar-refractivity contribution in [2.75, 3.05) is 5.75 Å². The molecule has 3 rings (SSSR count). The van der Waals surface area contributed by atoms with E-state index in [0.29, 0.717) is 11.7 Å². The fourth-order valence-electron chi connectivity index (χ4n) is 2.67. The molecule has 0 saturated heterocycles. The maximum absolute atomic E-state index is 12.9. The van der Waals surface area contributed by atoms with Crippen LogP contribution in [0, 0.1) is 0 Å². The van der Waals surface area contributed by atoms with E-state index in [2.05, 4.69) is 15.5 Å². The summed E-state index contributed by atoms with van der Waals surface area (Å²) in [5.41, 5.74) is 3.16. The van der Waals surface area contributed by atoms with Crippen molar-refractivity contribution in [1.29, 1.82) is 0 Å². The number of aryl methyl sites for hydroxylation is 1. The zero-order valence-electron chi connectivity index (χ0n) is 14.9. The van der Waals surface area contributed by atoms with E-state index in [1.54, 1.807) is 0 Å². The monoisotopic (exact) mass is 406 g/mol. The highest BCUT2D eigenvalue weighted by atomic mass is 32.2. The van der Waals surface area contributed by atoms with E-state index >= 15 is 0 Å². The number of alkyl halides is 3. The summed E-state index contributed by atoms with van der Waals surface area (Å²) in [6.07, 6.45) is -3.49. The Bertz CT molecular complexity index is 1010. The molecule has 9 heteroatoms. The Labute approximate surface area is 163 Å². The van der Waals surface area contributed by atoms with Gasteiger partial charge in [-0.15, -0.1) is 0 Å². The molecule has 0 fully saturated rings. The van der Waals surface area contributed by atoms with Crippen molar-refractivity contribution in [3.63, 3.8) is 0 Å². The number of hydrazone groups is 1. The van der Waals surface area contributed by atoms with Gasteiger partial charge in [-0.05, 0) is 25.1 Å². The average molecular weight is 406 g/mol. The van der Waals surface area contributed by atoms with Crippen molar-refractivity contribution in [3.8, 4) is 0 Å². The predicted octanol–water partition coefficient (Wildman–Crippen LogP) is 4.32. The molecule has 28 heavy (non-hydrogen) atoms. The average Bonchev–Trinajstić information content (AvgIpc) is 3.03. The Morgan fingerprint density at radius 2 is 1.93 bits per heavy atom. The van der Waals surface area contributed by atoms with E-state index in [4.69, 9.17) is 0 Å². The Hall–Kier alpha value is -2.81. The van der Waals surface area contributed by atoms with Crippen molar-refractivity contribution < 1.29 is 18.0 Å². The van der Waals surface area contributed by atoms with Gasteiger partial charge in [-0.2, -0.15) is 18.3 Å². The van der Waals surface area contributed by atoms with Gasteiger partial charge in [-0.25, -0.2) is 10.4 Å². The van der Waals surface area contributed by atoms with Crippen LogP contribution in [-0.4, -0.2) is 27.4 Å². The molecular formula is C19H17F3N4OS. The standard InChI is InChI=1S/C19H17F3N4OS/c1-2-26-16-10-6-5-9-15(16)24-18(26)28-12-17(27)25-23-11-13-7-3-4-8-14(13)19(20,21)22/h3-11H,2,12H2,1H3,(H,25,27). The van der Waals surface area contributed by atoms with Gasteiger partial charge < -0.3 is 4.57 Å². The lowest BCUT2D eigenvalue weighted by molar-refractivity contribution is -0.137. The van der Waals surface area contributed by atoms with Crippen LogP contribution in [0.5, 0.6) is 0 Å². The molecule has 0 bridgehead atoms. The third-order valence-corrected chi connectivity index (χ3v) is 4.90. The summed E-state index contributed by atoms with van der Waals surface area (Å²) in [7, 11) is 0. The molecule has 0 aliphatic heterocycles. The molecule has 1 N–H and O–H groups in total. The minimum atomic E-state index is -4.48. The number of aromatic nitrogens is 2. The lowest BCUT2D eigenvalue weighted by atomic mass is 10.1. The molecule has 0 atom stereocenters. The van der Waals surface area contributed by atoms with Gasteiger partial charge in [0.15, 0.2) is 5.16 Å². The summed E-state index contributed by atoms with van der Waals surface area (Å²) >= 11 is 1.25. The van der Waals surface area contributed by atoms with Crippen molar-refractivity contribution in [2.24, 2.45) is 5.10 Å².